The summed E-state index contributed by atoms with van der Waals surface area (Å²) in [4.78, 5) is 15.4. The van der Waals surface area contributed by atoms with Crippen molar-refractivity contribution in [2.75, 3.05) is 0 Å². The summed E-state index contributed by atoms with van der Waals surface area (Å²) in [5, 5.41) is 9.62. The number of aryl methyl sites for hydroxylation is 1. The second kappa shape index (κ2) is 7.25. The predicted octanol–water partition coefficient (Wildman–Crippen LogP) is 6.12. The second-order valence-corrected chi connectivity index (χ2v) is 6.66. The van der Waals surface area contributed by atoms with Crippen LogP contribution in [-0.4, -0.2) is 17.3 Å². The van der Waals surface area contributed by atoms with Crippen molar-refractivity contribution < 1.29 is 14.3 Å². The molecule has 126 valence electrons. The molecule has 3 rings (SSSR count). The molecule has 0 bridgehead atoms. The third-order valence-electron chi connectivity index (χ3n) is 3.61. The van der Waals surface area contributed by atoms with E-state index in [1.54, 1.807) is 30.5 Å². The zero-order valence-electron chi connectivity index (χ0n) is 13.2. The number of aliphatic imine (C=N–C) groups is 1. The Balaban J connectivity index is 1.84. The number of carboxylic acids is 1. The van der Waals surface area contributed by atoms with Gasteiger partial charge in [0.2, 0.25) is 0 Å². The van der Waals surface area contributed by atoms with Crippen molar-refractivity contribution in [3.05, 3.63) is 74.9 Å². The van der Waals surface area contributed by atoms with Crippen molar-refractivity contribution in [1.82, 2.24) is 0 Å². The monoisotopic (exact) mass is 417 g/mol. The lowest BCUT2D eigenvalue weighted by Crippen LogP contribution is -1.96. The van der Waals surface area contributed by atoms with Gasteiger partial charge in [0.1, 0.15) is 11.5 Å². The first-order valence-electron chi connectivity index (χ1n) is 7.37. The minimum atomic E-state index is -0.949. The predicted molar refractivity (Wildman–Crippen MR) is 102 cm³/mol. The highest BCUT2D eigenvalue weighted by Crippen LogP contribution is 2.28. The molecule has 6 heteroatoms. The van der Waals surface area contributed by atoms with Crippen LogP contribution in [0.25, 0.3) is 11.3 Å². The number of carboxylic acid groups (broad SMARTS) is 1. The second-order valence-electron chi connectivity index (χ2n) is 5.39. The van der Waals surface area contributed by atoms with Crippen molar-refractivity contribution in [1.29, 1.82) is 0 Å². The summed E-state index contributed by atoms with van der Waals surface area (Å²) in [6.07, 6.45) is 1.62. The van der Waals surface area contributed by atoms with Gasteiger partial charge in [-0.3, -0.25) is 4.99 Å². The van der Waals surface area contributed by atoms with Gasteiger partial charge in [-0.2, -0.15) is 0 Å². The number of rotatable bonds is 4. The maximum atomic E-state index is 11.0. The largest absolute Gasteiger partial charge is 0.478 e. The fraction of sp³-hybridized carbons (Fsp3) is 0.0526. The molecule has 1 heterocycles. The van der Waals surface area contributed by atoms with Crippen molar-refractivity contribution in [2.24, 2.45) is 4.99 Å². The van der Waals surface area contributed by atoms with E-state index in [2.05, 4.69) is 20.9 Å². The summed E-state index contributed by atoms with van der Waals surface area (Å²) < 4.78 is 6.60. The highest BCUT2D eigenvalue weighted by molar-refractivity contribution is 9.10. The summed E-state index contributed by atoms with van der Waals surface area (Å²) in [5.41, 5.74) is 2.64. The summed E-state index contributed by atoms with van der Waals surface area (Å²) in [6.45, 7) is 1.85. The maximum Gasteiger partial charge on any atom is 0.335 e. The van der Waals surface area contributed by atoms with Crippen LogP contribution >= 0.6 is 27.5 Å². The number of nitrogens with zero attached hydrogens (tertiary/aromatic N) is 1. The van der Waals surface area contributed by atoms with Crippen molar-refractivity contribution in [3.63, 3.8) is 0 Å². The molecular weight excluding hydrogens is 406 g/mol. The van der Waals surface area contributed by atoms with Crippen LogP contribution < -0.4 is 0 Å². The quantitative estimate of drug-likeness (QED) is 0.519. The molecule has 4 nitrogen and oxygen atoms in total. The van der Waals surface area contributed by atoms with Crippen LogP contribution in [0, 0.1) is 6.92 Å². The maximum absolute atomic E-state index is 11.0. The van der Waals surface area contributed by atoms with Gasteiger partial charge in [0, 0.05) is 10.0 Å². The molecule has 0 aliphatic rings. The Kier molecular flexibility index (Phi) is 5.06. The van der Waals surface area contributed by atoms with Crippen LogP contribution in [-0.2, 0) is 0 Å². The summed E-state index contributed by atoms with van der Waals surface area (Å²) >= 11 is 9.38. The Morgan fingerprint density at radius 2 is 2.00 bits per heavy atom. The van der Waals surface area contributed by atoms with E-state index in [0.717, 1.165) is 15.6 Å². The SMILES string of the molecule is Cc1cc(C(=O)O)ccc1-c1ccc(C=Nc2ccc(Br)c(Cl)c2)o1. The van der Waals surface area contributed by atoms with Crippen LogP contribution in [0.15, 0.2) is 62.4 Å². The fourth-order valence-corrected chi connectivity index (χ4v) is 2.77. The molecule has 3 aromatic rings. The molecule has 0 saturated carbocycles. The zero-order chi connectivity index (χ0) is 18.0. The summed E-state index contributed by atoms with van der Waals surface area (Å²) in [7, 11) is 0. The Morgan fingerprint density at radius 3 is 2.68 bits per heavy atom. The van der Waals surface area contributed by atoms with Crippen molar-refractivity contribution in [2.45, 2.75) is 6.92 Å². The Hall–Kier alpha value is -2.37. The Labute approximate surface area is 157 Å². The molecule has 2 aromatic carbocycles. The molecule has 0 amide bonds. The Morgan fingerprint density at radius 1 is 1.20 bits per heavy atom. The fourth-order valence-electron chi connectivity index (χ4n) is 2.34. The van der Waals surface area contributed by atoms with Gasteiger partial charge in [0.05, 0.1) is 22.5 Å². The van der Waals surface area contributed by atoms with E-state index in [9.17, 15) is 4.79 Å². The molecule has 0 unspecified atom stereocenters. The third-order valence-corrected chi connectivity index (χ3v) is 4.84. The number of hydrogen-bond acceptors (Lipinski definition) is 3. The number of carbonyl (C=O) groups is 1. The van der Waals surface area contributed by atoms with Gasteiger partial charge in [-0.25, -0.2) is 4.79 Å². The molecule has 1 aromatic heterocycles. The number of hydrogen-bond donors (Lipinski definition) is 1. The van der Waals surface area contributed by atoms with Gasteiger partial charge in [-0.05, 0) is 70.9 Å². The van der Waals surface area contributed by atoms with E-state index in [4.69, 9.17) is 21.1 Å². The number of aromatic carboxylic acids is 1. The number of benzene rings is 2. The van der Waals surface area contributed by atoms with Gasteiger partial charge < -0.3 is 9.52 Å². The van der Waals surface area contributed by atoms with E-state index in [1.165, 1.54) is 0 Å². The molecule has 0 fully saturated rings. The van der Waals surface area contributed by atoms with Gasteiger partial charge in [-0.15, -0.1) is 0 Å². The first kappa shape index (κ1) is 17.5. The summed E-state index contributed by atoms with van der Waals surface area (Å²) in [6, 6.07) is 14.0. The molecule has 0 saturated heterocycles. The van der Waals surface area contributed by atoms with Crippen molar-refractivity contribution >= 4 is 45.4 Å². The van der Waals surface area contributed by atoms with E-state index in [0.29, 0.717) is 22.2 Å². The standard InChI is InChI=1S/C19H13BrClNO3/c1-11-8-12(19(23)24)2-5-15(11)18-7-4-14(25-18)10-22-13-3-6-16(20)17(21)9-13/h2-10H,1H3,(H,23,24). The molecular formula is C19H13BrClNO3. The van der Waals surface area contributed by atoms with E-state index in [-0.39, 0.29) is 5.56 Å². The molecule has 0 aliphatic heterocycles. The first-order valence-corrected chi connectivity index (χ1v) is 8.54. The van der Waals surface area contributed by atoms with Gasteiger partial charge in [0.25, 0.3) is 0 Å². The minimum Gasteiger partial charge on any atom is -0.478 e. The molecule has 0 spiro atoms. The number of halogens is 2. The highest BCUT2D eigenvalue weighted by Gasteiger charge is 2.10. The molecule has 1 N–H and O–H groups in total. The first-order chi connectivity index (χ1) is 11.9. The smallest absolute Gasteiger partial charge is 0.335 e. The van der Waals surface area contributed by atoms with Gasteiger partial charge >= 0.3 is 5.97 Å². The lowest BCUT2D eigenvalue weighted by molar-refractivity contribution is 0.0697. The Bertz CT molecular complexity index is 979. The highest BCUT2D eigenvalue weighted by atomic mass is 79.9. The van der Waals surface area contributed by atoms with E-state index >= 15 is 0 Å². The molecule has 0 radical (unpaired) electrons. The van der Waals surface area contributed by atoms with Crippen LogP contribution in [0.2, 0.25) is 5.02 Å². The van der Waals surface area contributed by atoms with Crippen molar-refractivity contribution in [3.8, 4) is 11.3 Å². The average Bonchev–Trinajstić information content (AvgIpc) is 3.04. The minimum absolute atomic E-state index is 0.252. The van der Waals surface area contributed by atoms with E-state index < -0.39 is 5.97 Å². The van der Waals surface area contributed by atoms with Gasteiger partial charge in [-0.1, -0.05) is 17.7 Å². The summed E-state index contributed by atoms with van der Waals surface area (Å²) in [5.74, 6) is 0.301. The van der Waals surface area contributed by atoms with Gasteiger partial charge in [0.15, 0.2) is 0 Å². The molecule has 0 atom stereocenters. The number of furan rings is 1. The van der Waals surface area contributed by atoms with E-state index in [1.807, 2.05) is 31.2 Å². The van der Waals surface area contributed by atoms with Crippen LogP contribution in [0.5, 0.6) is 0 Å². The van der Waals surface area contributed by atoms with Crippen LogP contribution in [0.3, 0.4) is 0 Å². The molecule has 25 heavy (non-hydrogen) atoms. The lowest BCUT2D eigenvalue weighted by Gasteiger charge is -2.03. The normalized spacial score (nSPS) is 11.2. The topological polar surface area (TPSA) is 62.8 Å². The lowest BCUT2D eigenvalue weighted by atomic mass is 10.0. The third kappa shape index (κ3) is 4.00. The average molecular weight is 419 g/mol. The van der Waals surface area contributed by atoms with Crippen LogP contribution in [0.1, 0.15) is 21.7 Å². The molecule has 0 aliphatic carbocycles. The van der Waals surface area contributed by atoms with Crippen LogP contribution in [0.4, 0.5) is 5.69 Å². The zero-order valence-corrected chi connectivity index (χ0v) is 15.5.